The molecule has 1 heterocycles. The molecule has 0 amide bonds. The summed E-state index contributed by atoms with van der Waals surface area (Å²) in [5.41, 5.74) is 0. The van der Waals surface area contributed by atoms with Crippen LogP contribution in [0.1, 0.15) is 18.6 Å². The van der Waals surface area contributed by atoms with Crippen LogP contribution < -0.4 is 0 Å². The standard InChI is InChI=1S/C6H8ClN3O/c1-6(2,7)5(11)10-4-8-3-9-10/h3-4H,1-2H3. The number of hydrogen-bond acceptors (Lipinski definition) is 3. The van der Waals surface area contributed by atoms with E-state index < -0.39 is 4.87 Å². The molecule has 1 aromatic rings. The maximum Gasteiger partial charge on any atom is 0.268 e. The number of carbonyl (C=O) groups excluding carboxylic acids is 1. The summed E-state index contributed by atoms with van der Waals surface area (Å²) < 4.78 is 1.12. The number of hydrogen-bond donors (Lipinski definition) is 0. The highest BCUT2D eigenvalue weighted by Crippen LogP contribution is 2.14. The molecule has 0 aliphatic rings. The van der Waals surface area contributed by atoms with E-state index in [1.807, 2.05) is 0 Å². The van der Waals surface area contributed by atoms with Crippen LogP contribution in [0.5, 0.6) is 0 Å². The van der Waals surface area contributed by atoms with Crippen LogP contribution in [0.4, 0.5) is 0 Å². The van der Waals surface area contributed by atoms with Crippen LogP contribution in [-0.2, 0) is 0 Å². The van der Waals surface area contributed by atoms with Crippen molar-refractivity contribution in [1.82, 2.24) is 14.8 Å². The number of rotatable bonds is 1. The first kappa shape index (κ1) is 8.20. The highest BCUT2D eigenvalue weighted by atomic mass is 35.5. The summed E-state index contributed by atoms with van der Waals surface area (Å²) in [6.07, 6.45) is 2.62. The molecule has 0 radical (unpaired) electrons. The summed E-state index contributed by atoms with van der Waals surface area (Å²) in [6.45, 7) is 3.22. The third kappa shape index (κ3) is 1.77. The molecule has 5 heteroatoms. The van der Waals surface area contributed by atoms with Crippen molar-refractivity contribution in [2.45, 2.75) is 18.7 Å². The minimum atomic E-state index is -0.923. The lowest BCUT2D eigenvalue weighted by atomic mass is 10.2. The molecular formula is C6H8ClN3O. The van der Waals surface area contributed by atoms with E-state index in [1.165, 1.54) is 12.7 Å². The highest BCUT2D eigenvalue weighted by molar-refractivity contribution is 6.34. The first-order valence-electron chi connectivity index (χ1n) is 3.10. The van der Waals surface area contributed by atoms with Gasteiger partial charge in [-0.1, -0.05) is 0 Å². The predicted molar refractivity (Wildman–Crippen MR) is 40.6 cm³/mol. The summed E-state index contributed by atoms with van der Waals surface area (Å²) in [7, 11) is 0. The van der Waals surface area contributed by atoms with Gasteiger partial charge in [-0.2, -0.15) is 9.78 Å². The zero-order valence-electron chi connectivity index (χ0n) is 6.28. The fourth-order valence-electron chi connectivity index (χ4n) is 0.585. The lowest BCUT2D eigenvalue weighted by molar-refractivity contribution is 0.0855. The molecule has 0 aliphatic heterocycles. The van der Waals surface area contributed by atoms with Gasteiger partial charge in [0.05, 0.1) is 0 Å². The van der Waals surface area contributed by atoms with Gasteiger partial charge in [-0.3, -0.25) is 4.79 Å². The predicted octanol–water partition coefficient (Wildman–Crippen LogP) is 0.936. The second-order valence-corrected chi connectivity index (χ2v) is 3.56. The summed E-state index contributed by atoms with van der Waals surface area (Å²) in [5, 5.41) is 3.65. The van der Waals surface area contributed by atoms with E-state index in [-0.39, 0.29) is 5.91 Å². The molecule has 11 heavy (non-hydrogen) atoms. The molecule has 0 atom stereocenters. The van der Waals surface area contributed by atoms with Gasteiger partial charge in [0, 0.05) is 0 Å². The van der Waals surface area contributed by atoms with Gasteiger partial charge in [0.15, 0.2) is 0 Å². The SMILES string of the molecule is CC(C)(Cl)C(=O)n1cncn1. The lowest BCUT2D eigenvalue weighted by Crippen LogP contribution is -2.30. The Morgan fingerprint density at radius 3 is 2.64 bits per heavy atom. The molecule has 1 aromatic heterocycles. The molecule has 0 bridgehead atoms. The van der Waals surface area contributed by atoms with Crippen molar-refractivity contribution in [2.75, 3.05) is 0 Å². The van der Waals surface area contributed by atoms with E-state index in [4.69, 9.17) is 11.6 Å². The van der Waals surface area contributed by atoms with Crippen LogP contribution >= 0.6 is 11.6 Å². The van der Waals surface area contributed by atoms with E-state index in [0.29, 0.717) is 0 Å². The summed E-state index contributed by atoms with van der Waals surface area (Å²) in [5.74, 6) is -0.281. The third-order valence-electron chi connectivity index (χ3n) is 1.14. The molecular weight excluding hydrogens is 166 g/mol. The van der Waals surface area contributed by atoms with Crippen molar-refractivity contribution < 1.29 is 4.79 Å². The van der Waals surface area contributed by atoms with Gasteiger partial charge in [-0.25, -0.2) is 4.98 Å². The van der Waals surface area contributed by atoms with Crippen LogP contribution in [0.15, 0.2) is 12.7 Å². The van der Waals surface area contributed by atoms with Crippen molar-refractivity contribution in [1.29, 1.82) is 0 Å². The fourth-order valence-corrected chi connectivity index (χ4v) is 0.672. The minimum absolute atomic E-state index is 0.281. The molecule has 60 valence electrons. The topological polar surface area (TPSA) is 47.8 Å². The minimum Gasteiger partial charge on any atom is -0.270 e. The van der Waals surface area contributed by atoms with Crippen molar-refractivity contribution >= 4 is 17.5 Å². The number of carbonyl (C=O) groups is 1. The molecule has 0 fully saturated rings. The summed E-state index contributed by atoms with van der Waals surface area (Å²) >= 11 is 5.74. The van der Waals surface area contributed by atoms with Crippen LogP contribution in [-0.4, -0.2) is 25.5 Å². The smallest absolute Gasteiger partial charge is 0.268 e. The molecule has 0 spiro atoms. The van der Waals surface area contributed by atoms with Gasteiger partial charge in [-0.15, -0.1) is 11.6 Å². The monoisotopic (exact) mass is 173 g/mol. The maximum absolute atomic E-state index is 11.3. The Morgan fingerprint density at radius 1 is 1.64 bits per heavy atom. The Bertz CT molecular complexity index is 249. The Hall–Kier alpha value is -0.900. The van der Waals surface area contributed by atoms with Gasteiger partial charge in [0.1, 0.15) is 17.5 Å². The number of nitrogens with zero attached hydrogens (tertiary/aromatic N) is 3. The van der Waals surface area contributed by atoms with Crippen LogP contribution in [0.3, 0.4) is 0 Å². The Labute approximate surface area is 69.2 Å². The number of halogens is 1. The Morgan fingerprint density at radius 2 is 2.27 bits per heavy atom. The zero-order chi connectivity index (χ0) is 8.48. The average Bonchev–Trinajstić information content (AvgIpc) is 2.34. The second-order valence-electron chi connectivity index (χ2n) is 2.62. The van der Waals surface area contributed by atoms with Crippen molar-refractivity contribution in [3.05, 3.63) is 12.7 Å². The highest BCUT2D eigenvalue weighted by Gasteiger charge is 2.26. The number of alkyl halides is 1. The largest absolute Gasteiger partial charge is 0.270 e. The van der Waals surface area contributed by atoms with Crippen LogP contribution in [0.25, 0.3) is 0 Å². The quantitative estimate of drug-likeness (QED) is 0.594. The van der Waals surface area contributed by atoms with Crippen molar-refractivity contribution in [3.63, 3.8) is 0 Å². The van der Waals surface area contributed by atoms with Crippen LogP contribution in [0.2, 0.25) is 0 Å². The first-order chi connectivity index (χ1) is 5.02. The fraction of sp³-hybridized carbons (Fsp3) is 0.500. The average molecular weight is 174 g/mol. The summed E-state index contributed by atoms with van der Waals surface area (Å²) in [6, 6.07) is 0. The summed E-state index contributed by atoms with van der Waals surface area (Å²) in [4.78, 5) is 14.0. The van der Waals surface area contributed by atoms with Gasteiger partial charge in [-0.05, 0) is 13.8 Å². The van der Waals surface area contributed by atoms with E-state index in [1.54, 1.807) is 13.8 Å². The maximum atomic E-state index is 11.3. The molecule has 0 unspecified atom stereocenters. The van der Waals surface area contributed by atoms with Gasteiger partial charge in [0.2, 0.25) is 0 Å². The van der Waals surface area contributed by atoms with E-state index in [9.17, 15) is 4.79 Å². The molecule has 0 N–H and O–H groups in total. The lowest BCUT2D eigenvalue weighted by Gasteiger charge is -2.11. The molecule has 0 saturated carbocycles. The van der Waals surface area contributed by atoms with E-state index in [0.717, 1.165) is 4.68 Å². The molecule has 0 aliphatic carbocycles. The van der Waals surface area contributed by atoms with Gasteiger partial charge >= 0.3 is 0 Å². The zero-order valence-corrected chi connectivity index (χ0v) is 7.04. The molecule has 0 saturated heterocycles. The number of aromatic nitrogens is 3. The van der Waals surface area contributed by atoms with E-state index >= 15 is 0 Å². The van der Waals surface area contributed by atoms with Gasteiger partial charge in [0.25, 0.3) is 5.91 Å². The van der Waals surface area contributed by atoms with Crippen molar-refractivity contribution in [3.8, 4) is 0 Å². The van der Waals surface area contributed by atoms with Crippen molar-refractivity contribution in [2.24, 2.45) is 0 Å². The Kier molecular flexibility index (Phi) is 1.95. The first-order valence-corrected chi connectivity index (χ1v) is 3.48. The van der Waals surface area contributed by atoms with E-state index in [2.05, 4.69) is 10.1 Å². The molecule has 4 nitrogen and oxygen atoms in total. The second kappa shape index (κ2) is 2.62. The van der Waals surface area contributed by atoms with Crippen LogP contribution in [0, 0.1) is 0 Å². The third-order valence-corrected chi connectivity index (χ3v) is 1.30. The van der Waals surface area contributed by atoms with Gasteiger partial charge < -0.3 is 0 Å². The Balaban J connectivity index is 2.88. The molecule has 1 rings (SSSR count). The molecule has 0 aromatic carbocycles. The normalized spacial score (nSPS) is 11.5.